The van der Waals surface area contributed by atoms with Crippen molar-refractivity contribution < 1.29 is 4.79 Å². The van der Waals surface area contributed by atoms with E-state index in [1.807, 2.05) is 6.07 Å². The van der Waals surface area contributed by atoms with E-state index < -0.39 is 11.2 Å². The van der Waals surface area contributed by atoms with E-state index in [2.05, 4.69) is 46.3 Å². The number of aromatic amines is 1. The Morgan fingerprint density at radius 3 is 2.39 bits per heavy atom. The molecule has 1 fully saturated rings. The second kappa shape index (κ2) is 9.17. The third kappa shape index (κ3) is 4.53. The summed E-state index contributed by atoms with van der Waals surface area (Å²) in [6.45, 7) is 3.58. The van der Waals surface area contributed by atoms with Crippen molar-refractivity contribution in [3.63, 3.8) is 0 Å². The molecular formula is C25H24N4O3S. The zero-order valence-corrected chi connectivity index (χ0v) is 18.9. The summed E-state index contributed by atoms with van der Waals surface area (Å²) in [7, 11) is 0. The van der Waals surface area contributed by atoms with Crippen molar-refractivity contribution >= 4 is 28.1 Å². The van der Waals surface area contributed by atoms with Crippen LogP contribution in [0.4, 0.5) is 0 Å². The van der Waals surface area contributed by atoms with Crippen LogP contribution in [0, 0.1) is 0 Å². The second-order valence-electron chi connectivity index (χ2n) is 8.15. The van der Waals surface area contributed by atoms with Gasteiger partial charge in [0.1, 0.15) is 6.54 Å². The second-order valence-corrected chi connectivity index (χ2v) is 9.32. The number of nitrogens with zero attached hydrogens (tertiary/aromatic N) is 3. The molecule has 2 aromatic heterocycles. The quantitative estimate of drug-likeness (QED) is 0.497. The predicted molar refractivity (Wildman–Crippen MR) is 130 cm³/mol. The molecule has 0 saturated carbocycles. The normalized spacial score (nSPS) is 14.6. The van der Waals surface area contributed by atoms with E-state index in [4.69, 9.17) is 0 Å². The maximum atomic E-state index is 12.9. The third-order valence-corrected chi connectivity index (χ3v) is 7.14. The molecule has 0 atom stereocenters. The summed E-state index contributed by atoms with van der Waals surface area (Å²) < 4.78 is 1.35. The number of nitrogens with one attached hydrogen (secondary N) is 1. The fraction of sp³-hybridized carbons (Fsp3) is 0.240. The van der Waals surface area contributed by atoms with E-state index in [-0.39, 0.29) is 12.5 Å². The highest BCUT2D eigenvalue weighted by Gasteiger charge is 2.22. The number of aromatic nitrogens is 2. The number of carbonyl (C=O) groups is 1. The van der Waals surface area contributed by atoms with E-state index in [1.54, 1.807) is 40.5 Å². The topological polar surface area (TPSA) is 78.4 Å². The fourth-order valence-corrected chi connectivity index (χ4v) is 5.29. The molecular weight excluding hydrogens is 436 g/mol. The minimum atomic E-state index is -0.558. The Balaban J connectivity index is 1.21. The van der Waals surface area contributed by atoms with Crippen molar-refractivity contribution in [1.82, 2.24) is 19.4 Å². The molecule has 0 bridgehead atoms. The zero-order valence-electron chi connectivity index (χ0n) is 18.1. The number of amides is 1. The summed E-state index contributed by atoms with van der Waals surface area (Å²) in [6, 6.07) is 21.6. The number of hydrogen-bond acceptors (Lipinski definition) is 5. The lowest BCUT2D eigenvalue weighted by atomic mass is 10.2. The summed E-state index contributed by atoms with van der Waals surface area (Å²) in [4.78, 5) is 46.4. The van der Waals surface area contributed by atoms with E-state index in [1.165, 1.54) is 19.9 Å². The number of thiophene rings is 1. The van der Waals surface area contributed by atoms with E-state index >= 15 is 0 Å². The Morgan fingerprint density at radius 1 is 0.879 bits per heavy atom. The van der Waals surface area contributed by atoms with Gasteiger partial charge in [0, 0.05) is 42.5 Å². The molecule has 0 unspecified atom stereocenters. The van der Waals surface area contributed by atoms with Crippen LogP contribution < -0.4 is 11.2 Å². The molecule has 1 N–H and O–H groups in total. The molecule has 5 rings (SSSR count). The van der Waals surface area contributed by atoms with Gasteiger partial charge in [-0.25, -0.2) is 4.79 Å². The van der Waals surface area contributed by atoms with Gasteiger partial charge in [0.15, 0.2) is 0 Å². The van der Waals surface area contributed by atoms with Crippen molar-refractivity contribution in [2.45, 2.75) is 13.1 Å². The van der Waals surface area contributed by atoms with Gasteiger partial charge in [0.05, 0.1) is 10.9 Å². The van der Waals surface area contributed by atoms with Crippen molar-refractivity contribution in [1.29, 1.82) is 0 Å². The molecule has 1 aliphatic heterocycles. The van der Waals surface area contributed by atoms with Gasteiger partial charge in [-0.15, -0.1) is 11.3 Å². The minimum absolute atomic E-state index is 0.0819. The predicted octanol–water partition coefficient (Wildman–Crippen LogP) is 2.76. The standard InChI is InChI=1S/C25H24N4O3S/c30-23(17-29-21-9-5-4-8-20(21)24(31)26-25(29)32)28-14-12-27(13-15-28)16-19-10-11-22(33-19)18-6-2-1-3-7-18/h1-11H,12-17H2,(H,26,31,32). The summed E-state index contributed by atoms with van der Waals surface area (Å²) in [5, 5.41) is 0.403. The lowest BCUT2D eigenvalue weighted by Crippen LogP contribution is -2.49. The molecule has 7 nitrogen and oxygen atoms in total. The van der Waals surface area contributed by atoms with Gasteiger partial charge in [-0.1, -0.05) is 42.5 Å². The maximum Gasteiger partial charge on any atom is 0.329 e. The third-order valence-electron chi connectivity index (χ3n) is 6.02. The summed E-state index contributed by atoms with van der Waals surface area (Å²) in [5.41, 5.74) is 0.717. The first kappa shape index (κ1) is 21.4. The largest absolute Gasteiger partial charge is 0.339 e. The van der Waals surface area contributed by atoms with Crippen LogP contribution in [-0.4, -0.2) is 51.4 Å². The van der Waals surface area contributed by atoms with Gasteiger partial charge in [0.25, 0.3) is 5.56 Å². The first-order valence-electron chi connectivity index (χ1n) is 10.9. The van der Waals surface area contributed by atoms with E-state index in [0.717, 1.165) is 19.6 Å². The van der Waals surface area contributed by atoms with Crippen LogP contribution in [0.1, 0.15) is 4.88 Å². The number of rotatable bonds is 5. The highest BCUT2D eigenvalue weighted by Crippen LogP contribution is 2.28. The van der Waals surface area contributed by atoms with Crippen molar-refractivity contribution in [3.05, 3.63) is 92.4 Å². The molecule has 2 aromatic carbocycles. The summed E-state index contributed by atoms with van der Waals surface area (Å²) in [5.74, 6) is -0.114. The van der Waals surface area contributed by atoms with Crippen LogP contribution in [0.3, 0.4) is 0 Å². The number of piperazine rings is 1. The Bertz CT molecular complexity index is 1400. The van der Waals surface area contributed by atoms with Crippen molar-refractivity contribution in [3.8, 4) is 10.4 Å². The summed E-state index contributed by atoms with van der Waals surface area (Å²) in [6.07, 6.45) is 0. The number of carbonyl (C=O) groups excluding carboxylic acids is 1. The number of hydrogen-bond donors (Lipinski definition) is 1. The minimum Gasteiger partial charge on any atom is -0.339 e. The smallest absolute Gasteiger partial charge is 0.329 e. The van der Waals surface area contributed by atoms with Gasteiger partial charge in [-0.05, 0) is 29.8 Å². The highest BCUT2D eigenvalue weighted by atomic mass is 32.1. The molecule has 1 aliphatic rings. The van der Waals surface area contributed by atoms with Gasteiger partial charge in [-0.2, -0.15) is 0 Å². The number of benzene rings is 2. The monoisotopic (exact) mass is 460 g/mol. The van der Waals surface area contributed by atoms with Crippen LogP contribution in [0.15, 0.2) is 76.3 Å². The summed E-state index contributed by atoms with van der Waals surface area (Å²) >= 11 is 1.80. The lowest BCUT2D eigenvalue weighted by molar-refractivity contribution is -0.133. The Morgan fingerprint density at radius 2 is 1.61 bits per heavy atom. The zero-order chi connectivity index (χ0) is 22.8. The Hall–Kier alpha value is -3.49. The average Bonchev–Trinajstić information content (AvgIpc) is 3.31. The van der Waals surface area contributed by atoms with Crippen LogP contribution in [0.25, 0.3) is 21.3 Å². The molecule has 0 aliphatic carbocycles. The number of para-hydroxylation sites is 1. The maximum absolute atomic E-state index is 12.9. The van der Waals surface area contributed by atoms with Crippen molar-refractivity contribution in [2.24, 2.45) is 0 Å². The fourth-order valence-electron chi connectivity index (χ4n) is 4.23. The highest BCUT2D eigenvalue weighted by molar-refractivity contribution is 7.15. The Kier molecular flexibility index (Phi) is 5.93. The molecule has 168 valence electrons. The SMILES string of the molecule is O=C(Cn1c(=O)[nH]c(=O)c2ccccc21)N1CCN(Cc2ccc(-c3ccccc3)s2)CC1. The number of H-pyrrole nitrogens is 1. The van der Waals surface area contributed by atoms with E-state index in [0.29, 0.717) is 24.0 Å². The number of fused-ring (bicyclic) bond motifs is 1. The molecule has 0 radical (unpaired) electrons. The Labute approximate surface area is 194 Å². The van der Waals surface area contributed by atoms with Gasteiger partial charge < -0.3 is 4.90 Å². The molecule has 4 aromatic rings. The lowest BCUT2D eigenvalue weighted by Gasteiger charge is -2.34. The van der Waals surface area contributed by atoms with Crippen LogP contribution in [0.5, 0.6) is 0 Å². The molecule has 1 amide bonds. The first-order valence-corrected chi connectivity index (χ1v) is 11.8. The molecule has 33 heavy (non-hydrogen) atoms. The van der Waals surface area contributed by atoms with Gasteiger partial charge >= 0.3 is 5.69 Å². The van der Waals surface area contributed by atoms with Crippen LogP contribution in [-0.2, 0) is 17.9 Å². The van der Waals surface area contributed by atoms with Gasteiger partial charge in [-0.3, -0.25) is 24.0 Å². The first-order chi connectivity index (χ1) is 16.1. The van der Waals surface area contributed by atoms with Crippen molar-refractivity contribution in [2.75, 3.05) is 26.2 Å². The van der Waals surface area contributed by atoms with Crippen LogP contribution >= 0.6 is 11.3 Å². The molecule has 8 heteroatoms. The molecule has 1 saturated heterocycles. The van der Waals surface area contributed by atoms with E-state index in [9.17, 15) is 14.4 Å². The van der Waals surface area contributed by atoms with Crippen LogP contribution in [0.2, 0.25) is 0 Å². The molecule has 0 spiro atoms. The average molecular weight is 461 g/mol. The van der Waals surface area contributed by atoms with Gasteiger partial charge in [0.2, 0.25) is 5.91 Å². The molecule has 3 heterocycles.